The largest absolute Gasteiger partial charge is 0.465 e. The lowest BCUT2D eigenvalue weighted by molar-refractivity contribution is 0.0598. The number of benzene rings is 1. The van der Waals surface area contributed by atoms with Gasteiger partial charge in [-0.05, 0) is 74.6 Å². The molecule has 1 aromatic heterocycles. The Morgan fingerprint density at radius 1 is 0.943 bits per heavy atom. The Bertz CT molecular complexity index is 1040. The van der Waals surface area contributed by atoms with Gasteiger partial charge in [0.05, 0.1) is 18.9 Å². The van der Waals surface area contributed by atoms with Crippen molar-refractivity contribution in [2.24, 2.45) is 5.92 Å². The zero-order valence-corrected chi connectivity index (χ0v) is 20.3. The van der Waals surface area contributed by atoms with Crippen LogP contribution in [0.25, 0.3) is 0 Å². The van der Waals surface area contributed by atoms with Crippen molar-refractivity contribution in [3.63, 3.8) is 0 Å². The molecule has 186 valence electrons. The Hall–Kier alpha value is -3.42. The van der Waals surface area contributed by atoms with E-state index in [0.29, 0.717) is 19.0 Å². The van der Waals surface area contributed by atoms with Crippen LogP contribution in [0.15, 0.2) is 42.7 Å². The highest BCUT2D eigenvalue weighted by atomic mass is 16.6. The molecule has 0 bridgehead atoms. The number of aromatic nitrogens is 1. The van der Waals surface area contributed by atoms with Crippen LogP contribution in [0.5, 0.6) is 5.75 Å². The Labute approximate surface area is 206 Å². The normalized spacial score (nSPS) is 16.6. The summed E-state index contributed by atoms with van der Waals surface area (Å²) >= 11 is 0. The van der Waals surface area contributed by atoms with Crippen molar-refractivity contribution >= 4 is 18.0 Å². The number of carbonyl (C=O) groups excluding carboxylic acids is 3. The number of ether oxygens (including phenoxy) is 2. The van der Waals surface area contributed by atoms with Crippen molar-refractivity contribution in [1.29, 1.82) is 0 Å². The van der Waals surface area contributed by atoms with E-state index < -0.39 is 12.1 Å². The molecule has 4 rings (SSSR count). The molecule has 8 heteroatoms. The first-order valence-corrected chi connectivity index (χ1v) is 12.4. The summed E-state index contributed by atoms with van der Waals surface area (Å²) in [6, 6.07) is 9.49. The van der Waals surface area contributed by atoms with Crippen molar-refractivity contribution in [1.82, 2.24) is 14.8 Å². The second-order valence-corrected chi connectivity index (χ2v) is 9.29. The molecule has 1 aromatic carbocycles. The van der Waals surface area contributed by atoms with E-state index in [1.54, 1.807) is 4.90 Å². The van der Waals surface area contributed by atoms with E-state index in [2.05, 4.69) is 15.8 Å². The Morgan fingerprint density at radius 2 is 1.71 bits per heavy atom. The molecule has 2 aromatic rings. The number of rotatable bonds is 6. The van der Waals surface area contributed by atoms with E-state index in [1.165, 1.54) is 37.6 Å². The van der Waals surface area contributed by atoms with Gasteiger partial charge in [-0.3, -0.25) is 9.78 Å². The molecule has 2 fully saturated rings. The van der Waals surface area contributed by atoms with Crippen LogP contribution >= 0.6 is 0 Å². The van der Waals surface area contributed by atoms with Crippen LogP contribution in [0.1, 0.15) is 64.8 Å². The second-order valence-electron chi connectivity index (χ2n) is 9.29. The van der Waals surface area contributed by atoms with E-state index in [1.807, 2.05) is 23.1 Å². The number of carbonyl (C=O) groups is 3. The predicted molar refractivity (Wildman–Crippen MR) is 130 cm³/mol. The van der Waals surface area contributed by atoms with Gasteiger partial charge in [-0.2, -0.15) is 0 Å². The summed E-state index contributed by atoms with van der Waals surface area (Å²) in [5.74, 6) is 0.354. The van der Waals surface area contributed by atoms with Gasteiger partial charge in [-0.1, -0.05) is 12.1 Å². The maximum absolute atomic E-state index is 12.8. The molecule has 0 radical (unpaired) electrons. The van der Waals surface area contributed by atoms with Crippen LogP contribution in [0.4, 0.5) is 4.79 Å². The first-order chi connectivity index (χ1) is 17.0. The molecule has 3 heterocycles. The maximum atomic E-state index is 12.8. The van der Waals surface area contributed by atoms with Gasteiger partial charge >= 0.3 is 12.1 Å². The summed E-state index contributed by atoms with van der Waals surface area (Å²) in [4.78, 5) is 44.6. The van der Waals surface area contributed by atoms with E-state index >= 15 is 0 Å². The fraction of sp³-hybridized carbons (Fsp3) is 0.481. The first kappa shape index (κ1) is 24.7. The quantitative estimate of drug-likeness (QED) is 0.573. The maximum Gasteiger partial charge on any atom is 0.415 e. The number of pyridine rings is 1. The summed E-state index contributed by atoms with van der Waals surface area (Å²) in [6.07, 6.45) is 9.48. The minimum absolute atomic E-state index is 0.144. The lowest BCUT2D eigenvalue weighted by atomic mass is 9.90. The Morgan fingerprint density at radius 3 is 2.46 bits per heavy atom. The summed E-state index contributed by atoms with van der Waals surface area (Å²) in [5, 5.41) is 0. The average molecular weight is 480 g/mol. The highest BCUT2D eigenvalue weighted by Gasteiger charge is 2.25. The standard InChI is InChI=1S/C27H33N3O5/c1-34-26(32)23-17-24(19-28-18-23)35-27(33)30-14-10-20(11-15-30)8-9-21-6-5-7-22(16-21)25(31)29-12-3-2-4-13-29/h5-7,16-20H,2-4,8-15H2,1H3. The van der Waals surface area contributed by atoms with Crippen molar-refractivity contribution in [2.45, 2.75) is 44.9 Å². The number of likely N-dealkylation sites (tertiary alicyclic amines) is 2. The molecule has 0 N–H and O–H groups in total. The number of methoxy groups -OCH3 is 1. The first-order valence-electron chi connectivity index (χ1n) is 12.4. The molecule has 2 aliphatic heterocycles. The highest BCUT2D eigenvalue weighted by Crippen LogP contribution is 2.24. The van der Waals surface area contributed by atoms with Gasteiger partial charge in [-0.25, -0.2) is 9.59 Å². The van der Waals surface area contributed by atoms with Gasteiger partial charge in [0.25, 0.3) is 5.91 Å². The molecule has 8 nitrogen and oxygen atoms in total. The van der Waals surface area contributed by atoms with E-state index in [0.717, 1.165) is 57.2 Å². The molecule has 0 atom stereocenters. The molecule has 0 unspecified atom stereocenters. The lowest BCUT2D eigenvalue weighted by Gasteiger charge is -2.31. The fourth-order valence-corrected chi connectivity index (χ4v) is 4.78. The summed E-state index contributed by atoms with van der Waals surface area (Å²) in [6.45, 7) is 2.97. The van der Waals surface area contributed by atoms with E-state index in [-0.39, 0.29) is 17.2 Å². The predicted octanol–water partition coefficient (Wildman–Crippen LogP) is 4.34. The van der Waals surface area contributed by atoms with Crippen LogP contribution < -0.4 is 4.74 Å². The van der Waals surface area contributed by atoms with Crippen LogP contribution in [-0.2, 0) is 11.2 Å². The summed E-state index contributed by atoms with van der Waals surface area (Å²) < 4.78 is 10.1. The number of nitrogens with zero attached hydrogens (tertiary/aromatic N) is 3. The SMILES string of the molecule is COC(=O)c1cncc(OC(=O)N2CCC(CCc3cccc(C(=O)N4CCCCC4)c3)CC2)c1. The molecule has 2 saturated heterocycles. The van der Waals surface area contributed by atoms with Crippen LogP contribution in [0.3, 0.4) is 0 Å². The number of piperidine rings is 2. The fourth-order valence-electron chi connectivity index (χ4n) is 4.78. The number of esters is 1. The van der Waals surface area contributed by atoms with Gasteiger partial charge in [0.1, 0.15) is 0 Å². The molecule has 0 saturated carbocycles. The second kappa shape index (κ2) is 11.8. The van der Waals surface area contributed by atoms with Gasteiger partial charge in [-0.15, -0.1) is 0 Å². The molecule has 0 spiro atoms. The highest BCUT2D eigenvalue weighted by molar-refractivity contribution is 5.94. The van der Waals surface area contributed by atoms with Gasteiger partial charge < -0.3 is 19.3 Å². The molecule has 35 heavy (non-hydrogen) atoms. The zero-order chi connectivity index (χ0) is 24.6. The molecule has 0 aliphatic carbocycles. The summed E-state index contributed by atoms with van der Waals surface area (Å²) in [5.41, 5.74) is 2.21. The van der Waals surface area contributed by atoms with Crippen molar-refractivity contribution < 1.29 is 23.9 Å². The molecule has 2 aliphatic rings. The third-order valence-corrected chi connectivity index (χ3v) is 6.87. The topological polar surface area (TPSA) is 89.0 Å². The molecular formula is C27H33N3O5. The smallest absolute Gasteiger partial charge is 0.415 e. The lowest BCUT2D eigenvalue weighted by Crippen LogP contribution is -2.40. The van der Waals surface area contributed by atoms with E-state index in [4.69, 9.17) is 4.74 Å². The average Bonchev–Trinajstić information content (AvgIpc) is 2.92. The third kappa shape index (κ3) is 6.59. The number of aryl methyl sites for hydroxylation is 1. The van der Waals surface area contributed by atoms with Crippen LogP contribution in [-0.4, -0.2) is 66.0 Å². The number of hydrogen-bond acceptors (Lipinski definition) is 6. The van der Waals surface area contributed by atoms with Crippen molar-refractivity contribution in [2.75, 3.05) is 33.3 Å². The van der Waals surface area contributed by atoms with Gasteiger partial charge in [0.2, 0.25) is 0 Å². The van der Waals surface area contributed by atoms with Crippen LogP contribution in [0.2, 0.25) is 0 Å². The molecule has 2 amide bonds. The third-order valence-electron chi connectivity index (χ3n) is 6.87. The Balaban J connectivity index is 1.23. The monoisotopic (exact) mass is 479 g/mol. The minimum Gasteiger partial charge on any atom is -0.465 e. The summed E-state index contributed by atoms with van der Waals surface area (Å²) in [7, 11) is 1.29. The van der Waals surface area contributed by atoms with Gasteiger partial charge in [0, 0.05) is 37.9 Å². The van der Waals surface area contributed by atoms with Crippen LogP contribution in [0, 0.1) is 5.92 Å². The van der Waals surface area contributed by atoms with Crippen molar-refractivity contribution in [3.05, 3.63) is 59.4 Å². The zero-order valence-electron chi connectivity index (χ0n) is 20.3. The molecular weight excluding hydrogens is 446 g/mol. The Kier molecular flexibility index (Phi) is 8.34. The van der Waals surface area contributed by atoms with Gasteiger partial charge in [0.15, 0.2) is 5.75 Å². The van der Waals surface area contributed by atoms with E-state index in [9.17, 15) is 14.4 Å². The minimum atomic E-state index is -0.530. The number of hydrogen-bond donors (Lipinski definition) is 0. The van der Waals surface area contributed by atoms with Crippen molar-refractivity contribution in [3.8, 4) is 5.75 Å². The number of amides is 2.